The van der Waals surface area contributed by atoms with E-state index in [0.717, 1.165) is 17.7 Å². The van der Waals surface area contributed by atoms with Crippen molar-refractivity contribution in [2.75, 3.05) is 10.6 Å². The molecule has 1 atom stereocenters. The minimum absolute atomic E-state index is 0.107. The van der Waals surface area contributed by atoms with Gasteiger partial charge >= 0.3 is 0 Å². The van der Waals surface area contributed by atoms with Gasteiger partial charge in [-0.25, -0.2) is 0 Å². The summed E-state index contributed by atoms with van der Waals surface area (Å²) < 4.78 is 0. The van der Waals surface area contributed by atoms with Crippen molar-refractivity contribution in [1.29, 1.82) is 0 Å². The van der Waals surface area contributed by atoms with Crippen molar-refractivity contribution >= 4 is 34.5 Å². The molecule has 2 amide bonds. The summed E-state index contributed by atoms with van der Waals surface area (Å²) in [6, 6.07) is 12.5. The van der Waals surface area contributed by atoms with Crippen LogP contribution in [0.4, 0.5) is 11.4 Å². The first-order valence-corrected chi connectivity index (χ1v) is 10.1. The van der Waals surface area contributed by atoms with Crippen molar-refractivity contribution in [1.82, 2.24) is 4.98 Å². The number of thiophene rings is 1. The molecule has 0 bridgehead atoms. The van der Waals surface area contributed by atoms with Gasteiger partial charge in [-0.1, -0.05) is 13.0 Å². The first-order chi connectivity index (χ1) is 13.6. The molecule has 1 aromatic carbocycles. The van der Waals surface area contributed by atoms with Gasteiger partial charge in [0.15, 0.2) is 0 Å². The number of hydrogen-bond donors (Lipinski definition) is 2. The maximum Gasteiger partial charge on any atom is 0.265 e. The molecule has 6 heteroatoms. The molecule has 28 heavy (non-hydrogen) atoms. The lowest BCUT2D eigenvalue weighted by Crippen LogP contribution is -2.13. The summed E-state index contributed by atoms with van der Waals surface area (Å²) in [4.78, 5) is 30.9. The molecule has 4 rings (SSSR count). The number of rotatable bonds is 4. The van der Waals surface area contributed by atoms with Gasteiger partial charge in [0, 0.05) is 34.2 Å². The molecule has 5 nitrogen and oxygen atoms in total. The Hall–Kier alpha value is -2.99. The van der Waals surface area contributed by atoms with Crippen LogP contribution in [0.5, 0.6) is 0 Å². The topological polar surface area (TPSA) is 71.1 Å². The van der Waals surface area contributed by atoms with Gasteiger partial charge in [-0.2, -0.15) is 0 Å². The largest absolute Gasteiger partial charge is 0.322 e. The molecule has 2 N–H and O–H groups in total. The highest BCUT2D eigenvalue weighted by Crippen LogP contribution is 2.32. The van der Waals surface area contributed by atoms with Crippen molar-refractivity contribution in [3.8, 4) is 0 Å². The van der Waals surface area contributed by atoms with Gasteiger partial charge in [0.05, 0.1) is 4.88 Å². The van der Waals surface area contributed by atoms with E-state index < -0.39 is 0 Å². The van der Waals surface area contributed by atoms with Gasteiger partial charge in [-0.3, -0.25) is 14.6 Å². The Kier molecular flexibility index (Phi) is 5.21. The fourth-order valence-corrected chi connectivity index (χ4v) is 4.50. The maximum atomic E-state index is 12.7. The molecule has 0 spiro atoms. The Labute approximate surface area is 167 Å². The zero-order valence-corrected chi connectivity index (χ0v) is 16.4. The molecule has 0 fully saturated rings. The monoisotopic (exact) mass is 391 g/mol. The number of anilines is 2. The fourth-order valence-electron chi connectivity index (χ4n) is 3.39. The van der Waals surface area contributed by atoms with Gasteiger partial charge in [-0.05, 0) is 67.1 Å². The number of aryl methyl sites for hydroxylation is 1. The highest BCUT2D eigenvalue weighted by molar-refractivity contribution is 7.14. The molecule has 1 unspecified atom stereocenters. The predicted octanol–water partition coefficient (Wildman–Crippen LogP) is 4.77. The van der Waals surface area contributed by atoms with Crippen LogP contribution in [0.2, 0.25) is 0 Å². The molecule has 142 valence electrons. The lowest BCUT2D eigenvalue weighted by molar-refractivity contribution is 0.102. The van der Waals surface area contributed by atoms with Crippen molar-refractivity contribution in [2.45, 2.75) is 26.2 Å². The van der Waals surface area contributed by atoms with Crippen LogP contribution in [0.25, 0.3) is 0 Å². The van der Waals surface area contributed by atoms with Gasteiger partial charge in [-0.15, -0.1) is 11.3 Å². The molecule has 0 aliphatic heterocycles. The van der Waals surface area contributed by atoms with E-state index in [9.17, 15) is 9.59 Å². The number of hydrogen-bond acceptors (Lipinski definition) is 4. The van der Waals surface area contributed by atoms with E-state index in [0.29, 0.717) is 22.9 Å². The molecular weight excluding hydrogens is 370 g/mol. The van der Waals surface area contributed by atoms with Crippen LogP contribution in [0.3, 0.4) is 0 Å². The van der Waals surface area contributed by atoms with Gasteiger partial charge in [0.2, 0.25) is 0 Å². The number of amides is 2. The van der Waals surface area contributed by atoms with Crippen molar-refractivity contribution < 1.29 is 9.59 Å². The number of carbonyl (C=O) groups excluding carboxylic acids is 2. The summed E-state index contributed by atoms with van der Waals surface area (Å²) in [6.45, 7) is 2.26. The third kappa shape index (κ3) is 4.12. The second-order valence-electron chi connectivity index (χ2n) is 7.13. The molecule has 3 aromatic rings. The summed E-state index contributed by atoms with van der Waals surface area (Å²) in [5.74, 6) is 0.356. The fraction of sp³-hybridized carbons (Fsp3) is 0.227. The van der Waals surface area contributed by atoms with E-state index in [1.165, 1.54) is 16.9 Å². The van der Waals surface area contributed by atoms with Gasteiger partial charge < -0.3 is 10.6 Å². The Bertz CT molecular complexity index is 1010. The van der Waals surface area contributed by atoms with Gasteiger partial charge in [0.25, 0.3) is 11.8 Å². The Morgan fingerprint density at radius 2 is 1.75 bits per heavy atom. The molecule has 0 saturated carbocycles. The average Bonchev–Trinajstić information content (AvgIpc) is 3.12. The number of aromatic nitrogens is 1. The molecule has 0 saturated heterocycles. The van der Waals surface area contributed by atoms with Crippen molar-refractivity contribution in [3.05, 3.63) is 75.7 Å². The zero-order valence-electron chi connectivity index (χ0n) is 15.6. The summed E-state index contributed by atoms with van der Waals surface area (Å²) in [7, 11) is 0. The van der Waals surface area contributed by atoms with Crippen LogP contribution in [0.15, 0.2) is 54.9 Å². The van der Waals surface area contributed by atoms with E-state index in [4.69, 9.17) is 0 Å². The lowest BCUT2D eigenvalue weighted by Gasteiger charge is -2.16. The molecule has 1 aliphatic rings. The number of pyridine rings is 1. The van der Waals surface area contributed by atoms with Crippen LogP contribution in [-0.2, 0) is 12.8 Å². The van der Waals surface area contributed by atoms with E-state index in [1.54, 1.807) is 54.1 Å². The van der Waals surface area contributed by atoms with Crippen LogP contribution in [0.1, 0.15) is 43.8 Å². The van der Waals surface area contributed by atoms with Crippen LogP contribution in [0, 0.1) is 5.92 Å². The quantitative estimate of drug-likeness (QED) is 0.673. The molecule has 0 radical (unpaired) electrons. The third-order valence-electron chi connectivity index (χ3n) is 4.87. The standard InChI is InChI=1S/C22H21N3O2S/c1-14-5-6-19-16(11-14)12-20(28-19)22(27)25-18-4-2-3-17(13-18)24-21(26)15-7-9-23-10-8-15/h2-4,7-10,12-14H,5-6,11H2,1H3,(H,24,26)(H,25,27). The van der Waals surface area contributed by atoms with Crippen LogP contribution >= 0.6 is 11.3 Å². The number of carbonyl (C=O) groups is 2. The molecule has 2 aromatic heterocycles. The normalized spacial score (nSPS) is 15.5. The third-order valence-corrected chi connectivity index (χ3v) is 6.11. The highest BCUT2D eigenvalue weighted by atomic mass is 32.1. The first-order valence-electron chi connectivity index (χ1n) is 9.33. The smallest absolute Gasteiger partial charge is 0.265 e. The van der Waals surface area contributed by atoms with Crippen LogP contribution in [-0.4, -0.2) is 16.8 Å². The summed E-state index contributed by atoms with van der Waals surface area (Å²) >= 11 is 1.59. The molecule has 2 heterocycles. The second-order valence-corrected chi connectivity index (χ2v) is 8.27. The molecular formula is C22H21N3O2S. The predicted molar refractivity (Wildman–Crippen MR) is 112 cm³/mol. The first kappa shape index (κ1) is 18.4. The lowest BCUT2D eigenvalue weighted by atomic mass is 9.90. The van der Waals surface area contributed by atoms with E-state index in [1.807, 2.05) is 12.1 Å². The zero-order chi connectivity index (χ0) is 19.5. The number of fused-ring (bicyclic) bond motifs is 1. The maximum absolute atomic E-state index is 12.7. The van der Waals surface area contributed by atoms with E-state index >= 15 is 0 Å². The Morgan fingerprint density at radius 1 is 1.04 bits per heavy atom. The van der Waals surface area contributed by atoms with Gasteiger partial charge in [0.1, 0.15) is 0 Å². The van der Waals surface area contributed by atoms with E-state index in [2.05, 4.69) is 22.5 Å². The number of benzene rings is 1. The van der Waals surface area contributed by atoms with Crippen LogP contribution < -0.4 is 10.6 Å². The SMILES string of the molecule is CC1CCc2sc(C(=O)Nc3cccc(NC(=O)c4ccncc4)c3)cc2C1. The van der Waals surface area contributed by atoms with Crippen molar-refractivity contribution in [2.24, 2.45) is 5.92 Å². The summed E-state index contributed by atoms with van der Waals surface area (Å²) in [5, 5.41) is 5.78. The Morgan fingerprint density at radius 3 is 2.50 bits per heavy atom. The number of nitrogens with one attached hydrogen (secondary N) is 2. The minimum Gasteiger partial charge on any atom is -0.322 e. The number of nitrogens with zero attached hydrogens (tertiary/aromatic N) is 1. The average molecular weight is 391 g/mol. The second kappa shape index (κ2) is 7.94. The Balaban J connectivity index is 1.45. The minimum atomic E-state index is -0.217. The summed E-state index contributed by atoms with van der Waals surface area (Å²) in [6.07, 6.45) is 6.45. The van der Waals surface area contributed by atoms with E-state index in [-0.39, 0.29) is 11.8 Å². The van der Waals surface area contributed by atoms with Crippen molar-refractivity contribution in [3.63, 3.8) is 0 Å². The molecule has 1 aliphatic carbocycles. The highest BCUT2D eigenvalue weighted by Gasteiger charge is 2.20. The summed E-state index contributed by atoms with van der Waals surface area (Å²) in [5.41, 5.74) is 3.12.